The topological polar surface area (TPSA) is 45.7 Å². The zero-order valence-electron chi connectivity index (χ0n) is 14.0. The number of hydrogen-bond acceptors (Lipinski definition) is 2. The molecule has 0 spiro atoms. The number of nitrogens with one attached hydrogen (secondary N) is 2. The minimum absolute atomic E-state index is 0. The molecule has 1 atom stereocenters. The molecule has 1 aromatic carbocycles. The molecule has 22 heavy (non-hydrogen) atoms. The second-order valence-electron chi connectivity index (χ2n) is 5.20. The Morgan fingerprint density at radius 1 is 1.23 bits per heavy atom. The van der Waals surface area contributed by atoms with Gasteiger partial charge < -0.3 is 15.4 Å². The van der Waals surface area contributed by atoms with E-state index < -0.39 is 0 Å². The van der Waals surface area contributed by atoms with Crippen LogP contribution in [0.5, 0.6) is 0 Å². The van der Waals surface area contributed by atoms with Gasteiger partial charge in [-0.2, -0.15) is 0 Å². The van der Waals surface area contributed by atoms with Crippen molar-refractivity contribution in [3.63, 3.8) is 0 Å². The number of hydrogen-bond donors (Lipinski definition) is 2. The maximum atomic E-state index is 5.66. The molecular weight excluding hydrogens is 389 g/mol. The number of aliphatic imine (C=N–C) groups is 1. The van der Waals surface area contributed by atoms with E-state index >= 15 is 0 Å². The number of guanidine groups is 1. The van der Waals surface area contributed by atoms with Crippen molar-refractivity contribution in [1.29, 1.82) is 0 Å². The first kappa shape index (κ1) is 21.2. The number of benzene rings is 1. The van der Waals surface area contributed by atoms with Gasteiger partial charge in [0.25, 0.3) is 0 Å². The van der Waals surface area contributed by atoms with Crippen molar-refractivity contribution in [3.8, 4) is 0 Å². The fourth-order valence-corrected chi connectivity index (χ4v) is 1.83. The summed E-state index contributed by atoms with van der Waals surface area (Å²) in [5.74, 6) is 0.884. The molecular formula is C17H30IN3O. The van der Waals surface area contributed by atoms with Gasteiger partial charge in [-0.05, 0) is 31.7 Å². The molecule has 126 valence electrons. The van der Waals surface area contributed by atoms with Crippen LogP contribution in [0.1, 0.15) is 38.7 Å². The lowest BCUT2D eigenvalue weighted by atomic mass is 10.2. The molecule has 1 aromatic rings. The largest absolute Gasteiger partial charge is 0.377 e. The van der Waals surface area contributed by atoms with Gasteiger partial charge in [-0.25, -0.2) is 0 Å². The quantitative estimate of drug-likeness (QED) is 0.279. The lowest BCUT2D eigenvalue weighted by molar-refractivity contribution is 0.117. The summed E-state index contributed by atoms with van der Waals surface area (Å²) >= 11 is 0. The first-order valence-corrected chi connectivity index (χ1v) is 7.85. The zero-order chi connectivity index (χ0) is 15.3. The molecule has 0 aliphatic heterocycles. The Balaban J connectivity index is 0.00000441. The summed E-state index contributed by atoms with van der Waals surface area (Å²) in [6.45, 7) is 6.74. The average molecular weight is 419 g/mol. The molecule has 0 radical (unpaired) electrons. The van der Waals surface area contributed by atoms with Crippen LogP contribution in [0, 0.1) is 0 Å². The third-order valence-corrected chi connectivity index (χ3v) is 3.34. The highest BCUT2D eigenvalue weighted by atomic mass is 127. The number of nitrogens with zero attached hydrogens (tertiary/aromatic N) is 1. The normalized spacial score (nSPS) is 12.4. The molecule has 5 heteroatoms. The average Bonchev–Trinajstić information content (AvgIpc) is 2.53. The van der Waals surface area contributed by atoms with Gasteiger partial charge in [-0.15, -0.1) is 24.0 Å². The summed E-state index contributed by atoms with van der Waals surface area (Å²) in [6.07, 6.45) is 3.23. The zero-order valence-corrected chi connectivity index (χ0v) is 16.3. The van der Waals surface area contributed by atoms with Crippen molar-refractivity contribution in [2.24, 2.45) is 4.99 Å². The van der Waals surface area contributed by atoms with Crippen molar-refractivity contribution < 1.29 is 4.74 Å². The van der Waals surface area contributed by atoms with E-state index in [4.69, 9.17) is 4.74 Å². The Labute approximate surface area is 152 Å². The Bertz CT molecular complexity index is 398. The molecule has 0 bridgehead atoms. The van der Waals surface area contributed by atoms with Crippen molar-refractivity contribution in [2.45, 2.75) is 45.8 Å². The van der Waals surface area contributed by atoms with Gasteiger partial charge in [0.05, 0.1) is 6.61 Å². The lowest BCUT2D eigenvalue weighted by Gasteiger charge is -2.16. The summed E-state index contributed by atoms with van der Waals surface area (Å²) < 4.78 is 5.66. The first-order chi connectivity index (χ1) is 10.3. The summed E-state index contributed by atoms with van der Waals surface area (Å²) in [7, 11) is 1.81. The minimum atomic E-state index is 0. The second-order valence-corrected chi connectivity index (χ2v) is 5.20. The molecule has 4 nitrogen and oxygen atoms in total. The summed E-state index contributed by atoms with van der Waals surface area (Å²) in [6, 6.07) is 10.7. The van der Waals surface area contributed by atoms with E-state index in [-0.39, 0.29) is 24.0 Å². The number of unbranched alkanes of at least 4 members (excludes halogenated alkanes) is 1. The lowest BCUT2D eigenvalue weighted by Crippen LogP contribution is -2.42. The van der Waals surface area contributed by atoms with Gasteiger partial charge in [0, 0.05) is 26.2 Å². The predicted molar refractivity (Wildman–Crippen MR) is 105 cm³/mol. The van der Waals surface area contributed by atoms with Gasteiger partial charge in [0.2, 0.25) is 0 Å². The summed E-state index contributed by atoms with van der Waals surface area (Å²) in [5, 5.41) is 6.67. The highest BCUT2D eigenvalue weighted by Crippen LogP contribution is 2.01. The molecule has 1 rings (SSSR count). The maximum absolute atomic E-state index is 5.66. The molecule has 0 aliphatic carbocycles. The number of ether oxygens (including phenoxy) is 1. The predicted octanol–water partition coefficient (Wildman–Crippen LogP) is 3.56. The van der Waals surface area contributed by atoms with Gasteiger partial charge >= 0.3 is 0 Å². The Morgan fingerprint density at radius 2 is 1.95 bits per heavy atom. The van der Waals surface area contributed by atoms with E-state index in [0.29, 0.717) is 12.6 Å². The van der Waals surface area contributed by atoms with Crippen LogP contribution in [0.4, 0.5) is 0 Å². The van der Waals surface area contributed by atoms with Crippen LogP contribution in [0.25, 0.3) is 0 Å². The van der Waals surface area contributed by atoms with Crippen LogP contribution in [0.2, 0.25) is 0 Å². The molecule has 2 N–H and O–H groups in total. The highest BCUT2D eigenvalue weighted by Gasteiger charge is 2.01. The molecule has 0 amide bonds. The molecule has 1 unspecified atom stereocenters. The maximum Gasteiger partial charge on any atom is 0.191 e. The SMILES string of the molecule is CCC(C)NC(=NC)NCCCCOCc1ccccc1.I. The third kappa shape index (κ3) is 10.00. The fraction of sp³-hybridized carbons (Fsp3) is 0.588. The van der Waals surface area contributed by atoms with Crippen LogP contribution in [-0.2, 0) is 11.3 Å². The highest BCUT2D eigenvalue weighted by molar-refractivity contribution is 14.0. The van der Waals surface area contributed by atoms with E-state index in [9.17, 15) is 0 Å². The molecule has 0 saturated carbocycles. The van der Waals surface area contributed by atoms with Gasteiger partial charge in [0.15, 0.2) is 5.96 Å². The fourth-order valence-electron chi connectivity index (χ4n) is 1.83. The van der Waals surface area contributed by atoms with Crippen molar-refractivity contribution >= 4 is 29.9 Å². The van der Waals surface area contributed by atoms with Crippen molar-refractivity contribution in [3.05, 3.63) is 35.9 Å². The number of halogens is 1. The van der Waals surface area contributed by atoms with E-state index in [1.54, 1.807) is 7.05 Å². The van der Waals surface area contributed by atoms with Crippen LogP contribution in [-0.4, -0.2) is 32.2 Å². The molecule has 0 aromatic heterocycles. The van der Waals surface area contributed by atoms with Crippen molar-refractivity contribution in [1.82, 2.24) is 10.6 Å². The van der Waals surface area contributed by atoms with Crippen LogP contribution < -0.4 is 10.6 Å². The molecule has 0 fully saturated rings. The van der Waals surface area contributed by atoms with Gasteiger partial charge in [-0.3, -0.25) is 4.99 Å². The first-order valence-electron chi connectivity index (χ1n) is 7.85. The second kappa shape index (κ2) is 13.8. The van der Waals surface area contributed by atoms with Crippen molar-refractivity contribution in [2.75, 3.05) is 20.2 Å². The van der Waals surface area contributed by atoms with E-state index in [1.165, 1.54) is 5.56 Å². The van der Waals surface area contributed by atoms with Crippen LogP contribution in [0.3, 0.4) is 0 Å². The van der Waals surface area contributed by atoms with Crippen LogP contribution in [0.15, 0.2) is 35.3 Å². The standard InChI is InChI=1S/C17H29N3O.HI/c1-4-15(2)20-17(18-3)19-12-8-9-13-21-14-16-10-6-5-7-11-16;/h5-7,10-11,15H,4,8-9,12-14H2,1-3H3,(H2,18,19,20);1H. The molecule has 0 heterocycles. The molecule has 0 aliphatic rings. The number of rotatable bonds is 9. The van der Waals surface area contributed by atoms with Crippen LogP contribution >= 0.6 is 24.0 Å². The monoisotopic (exact) mass is 419 g/mol. The Hall–Kier alpha value is -0.820. The summed E-state index contributed by atoms with van der Waals surface area (Å²) in [5.41, 5.74) is 1.23. The summed E-state index contributed by atoms with van der Waals surface area (Å²) in [4.78, 5) is 4.21. The smallest absolute Gasteiger partial charge is 0.191 e. The Morgan fingerprint density at radius 3 is 2.59 bits per heavy atom. The Kier molecular flexibility index (Phi) is 13.3. The van der Waals surface area contributed by atoms with Gasteiger partial charge in [-0.1, -0.05) is 37.3 Å². The van der Waals surface area contributed by atoms with Gasteiger partial charge in [0.1, 0.15) is 0 Å². The van der Waals surface area contributed by atoms with E-state index in [1.807, 2.05) is 18.2 Å². The van der Waals surface area contributed by atoms with E-state index in [2.05, 4.69) is 41.6 Å². The minimum Gasteiger partial charge on any atom is -0.377 e. The third-order valence-electron chi connectivity index (χ3n) is 3.34. The molecule has 0 saturated heterocycles. The van der Waals surface area contributed by atoms with E-state index in [0.717, 1.165) is 38.4 Å².